The first kappa shape index (κ1) is 13.9. The van der Waals surface area contributed by atoms with Gasteiger partial charge in [0, 0.05) is 6.54 Å². The van der Waals surface area contributed by atoms with Gasteiger partial charge in [-0.3, -0.25) is 0 Å². The first-order valence-electron chi connectivity index (χ1n) is 6.76. The molecule has 0 saturated carbocycles. The van der Waals surface area contributed by atoms with Gasteiger partial charge in [0.15, 0.2) is 9.84 Å². The Labute approximate surface area is 123 Å². The first-order chi connectivity index (χ1) is 9.46. The zero-order valence-electron chi connectivity index (χ0n) is 11.3. The van der Waals surface area contributed by atoms with Crippen molar-refractivity contribution in [2.24, 2.45) is 5.92 Å². The number of hydrogen-bond donors (Lipinski definition) is 0. The zero-order valence-corrected chi connectivity index (χ0v) is 12.9. The minimum absolute atomic E-state index is 0.159. The van der Waals surface area contributed by atoms with Crippen LogP contribution in [0.15, 0.2) is 24.3 Å². The number of halogens is 1. The van der Waals surface area contributed by atoms with Crippen LogP contribution in [0.5, 0.6) is 0 Å². The molecule has 1 fully saturated rings. The molecule has 108 valence electrons. The highest BCUT2D eigenvalue weighted by molar-refractivity contribution is 7.91. The molecular weight excluding hydrogens is 296 g/mol. The Morgan fingerprint density at radius 2 is 2.20 bits per heavy atom. The number of hydrogen-bond acceptors (Lipinski definition) is 3. The predicted octanol–water partition coefficient (Wildman–Crippen LogP) is 2.77. The number of fused-ring (bicyclic) bond motifs is 1. The summed E-state index contributed by atoms with van der Waals surface area (Å²) in [5.41, 5.74) is 1.94. The summed E-state index contributed by atoms with van der Waals surface area (Å²) < 4.78 is 25.3. The van der Waals surface area contributed by atoms with E-state index in [9.17, 15) is 8.42 Å². The molecule has 2 unspecified atom stereocenters. The van der Waals surface area contributed by atoms with Gasteiger partial charge in [0.05, 0.1) is 27.9 Å². The van der Waals surface area contributed by atoms with Crippen LogP contribution in [0.3, 0.4) is 0 Å². The van der Waals surface area contributed by atoms with Crippen molar-refractivity contribution in [3.05, 3.63) is 30.1 Å². The number of sulfone groups is 1. The summed E-state index contributed by atoms with van der Waals surface area (Å²) in [5, 5.41) is -0.194. The smallest absolute Gasteiger partial charge is 0.150 e. The van der Waals surface area contributed by atoms with Gasteiger partial charge in [-0.1, -0.05) is 12.1 Å². The standard InChI is InChI=1S/C14H17ClN2O2S/c1-10(15)14-16-12-4-2-3-5-13(12)17(14)8-11-6-7-20(18,19)9-11/h2-5,10-11H,6-9H2,1H3. The lowest BCUT2D eigenvalue weighted by atomic mass is 10.1. The number of aromatic nitrogens is 2. The number of imidazole rings is 1. The molecule has 0 radical (unpaired) electrons. The van der Waals surface area contributed by atoms with Crippen molar-refractivity contribution in [1.29, 1.82) is 0 Å². The Hall–Kier alpha value is -1.07. The van der Waals surface area contributed by atoms with Crippen LogP contribution in [0.1, 0.15) is 24.5 Å². The van der Waals surface area contributed by atoms with Crippen molar-refractivity contribution in [3.8, 4) is 0 Å². The summed E-state index contributed by atoms with van der Waals surface area (Å²) in [7, 11) is -2.85. The summed E-state index contributed by atoms with van der Waals surface area (Å²) in [6.07, 6.45) is 0.727. The quantitative estimate of drug-likeness (QED) is 0.819. The highest BCUT2D eigenvalue weighted by Crippen LogP contribution is 2.28. The third kappa shape index (κ3) is 2.56. The summed E-state index contributed by atoms with van der Waals surface area (Å²) in [6, 6.07) is 7.88. The molecule has 3 rings (SSSR count). The Balaban J connectivity index is 1.99. The molecule has 0 spiro atoms. The average Bonchev–Trinajstić information content (AvgIpc) is 2.91. The molecule has 2 atom stereocenters. The van der Waals surface area contributed by atoms with Gasteiger partial charge in [-0.25, -0.2) is 13.4 Å². The SMILES string of the molecule is CC(Cl)c1nc2ccccc2n1CC1CCS(=O)(=O)C1. The molecular formula is C14H17ClN2O2S. The molecule has 2 aromatic rings. The number of rotatable bonds is 3. The fourth-order valence-electron chi connectivity index (χ4n) is 2.86. The van der Waals surface area contributed by atoms with E-state index in [1.165, 1.54) is 0 Å². The maximum absolute atomic E-state index is 11.6. The Bertz CT molecular complexity index is 737. The van der Waals surface area contributed by atoms with Crippen molar-refractivity contribution >= 4 is 32.5 Å². The summed E-state index contributed by atoms with van der Waals surface area (Å²) in [4.78, 5) is 4.57. The molecule has 1 aromatic heterocycles. The van der Waals surface area contributed by atoms with Crippen LogP contribution in [-0.4, -0.2) is 29.5 Å². The van der Waals surface area contributed by atoms with Crippen LogP contribution in [0, 0.1) is 5.92 Å². The molecule has 0 N–H and O–H groups in total. The maximum atomic E-state index is 11.6. The van der Waals surface area contributed by atoms with Crippen LogP contribution in [0.4, 0.5) is 0 Å². The van der Waals surface area contributed by atoms with Crippen LogP contribution in [-0.2, 0) is 16.4 Å². The van der Waals surface area contributed by atoms with E-state index in [4.69, 9.17) is 11.6 Å². The molecule has 2 heterocycles. The Morgan fingerprint density at radius 1 is 1.45 bits per heavy atom. The highest BCUT2D eigenvalue weighted by Gasteiger charge is 2.29. The lowest BCUT2D eigenvalue weighted by Crippen LogP contribution is -2.15. The molecule has 0 amide bonds. The minimum Gasteiger partial charge on any atom is -0.326 e. The van der Waals surface area contributed by atoms with Crippen LogP contribution < -0.4 is 0 Å². The van der Waals surface area contributed by atoms with Crippen LogP contribution >= 0.6 is 11.6 Å². The predicted molar refractivity (Wildman–Crippen MR) is 80.8 cm³/mol. The summed E-state index contributed by atoms with van der Waals surface area (Å²) in [6.45, 7) is 2.57. The molecule has 1 saturated heterocycles. The number of para-hydroxylation sites is 2. The fraction of sp³-hybridized carbons (Fsp3) is 0.500. The van der Waals surface area contributed by atoms with Crippen molar-refractivity contribution in [2.45, 2.75) is 25.3 Å². The molecule has 20 heavy (non-hydrogen) atoms. The van der Waals surface area contributed by atoms with Gasteiger partial charge in [-0.15, -0.1) is 11.6 Å². The van der Waals surface area contributed by atoms with Gasteiger partial charge in [0.2, 0.25) is 0 Å². The summed E-state index contributed by atoms with van der Waals surface area (Å²) >= 11 is 6.22. The normalized spacial score (nSPS) is 23.2. The van der Waals surface area contributed by atoms with Crippen molar-refractivity contribution in [2.75, 3.05) is 11.5 Å². The number of alkyl halides is 1. The van der Waals surface area contributed by atoms with E-state index in [0.29, 0.717) is 12.3 Å². The first-order valence-corrected chi connectivity index (χ1v) is 9.02. The molecule has 0 aliphatic carbocycles. The van der Waals surface area contributed by atoms with E-state index in [-0.39, 0.29) is 17.0 Å². The molecule has 6 heteroatoms. The molecule has 1 aliphatic heterocycles. The van der Waals surface area contributed by atoms with Crippen LogP contribution in [0.25, 0.3) is 11.0 Å². The second-order valence-electron chi connectivity index (χ2n) is 5.45. The van der Waals surface area contributed by atoms with Gasteiger partial charge in [0.1, 0.15) is 5.82 Å². The second-order valence-corrected chi connectivity index (χ2v) is 8.34. The minimum atomic E-state index is -2.85. The molecule has 4 nitrogen and oxygen atoms in total. The Kier molecular flexibility index (Phi) is 3.50. The van der Waals surface area contributed by atoms with Crippen molar-refractivity contribution in [1.82, 2.24) is 9.55 Å². The van der Waals surface area contributed by atoms with E-state index in [0.717, 1.165) is 23.3 Å². The van der Waals surface area contributed by atoms with E-state index < -0.39 is 9.84 Å². The molecule has 1 aromatic carbocycles. The average molecular weight is 313 g/mol. The van der Waals surface area contributed by atoms with Crippen molar-refractivity contribution in [3.63, 3.8) is 0 Å². The topological polar surface area (TPSA) is 52.0 Å². The van der Waals surface area contributed by atoms with Crippen molar-refractivity contribution < 1.29 is 8.42 Å². The lowest BCUT2D eigenvalue weighted by Gasteiger charge is -2.14. The lowest BCUT2D eigenvalue weighted by molar-refractivity contribution is 0.486. The van der Waals surface area contributed by atoms with Crippen LogP contribution in [0.2, 0.25) is 0 Å². The zero-order chi connectivity index (χ0) is 14.3. The second kappa shape index (κ2) is 5.04. The largest absolute Gasteiger partial charge is 0.326 e. The van der Waals surface area contributed by atoms with Gasteiger partial charge in [-0.05, 0) is 31.4 Å². The van der Waals surface area contributed by atoms with Gasteiger partial charge < -0.3 is 4.57 Å². The maximum Gasteiger partial charge on any atom is 0.150 e. The number of benzene rings is 1. The fourth-order valence-corrected chi connectivity index (χ4v) is 4.88. The van der Waals surface area contributed by atoms with Gasteiger partial charge in [-0.2, -0.15) is 0 Å². The molecule has 0 bridgehead atoms. The van der Waals surface area contributed by atoms with Gasteiger partial charge in [0.25, 0.3) is 0 Å². The third-order valence-electron chi connectivity index (χ3n) is 3.81. The summed E-state index contributed by atoms with van der Waals surface area (Å²) in [5.74, 6) is 1.55. The highest BCUT2D eigenvalue weighted by atomic mass is 35.5. The van der Waals surface area contributed by atoms with Gasteiger partial charge >= 0.3 is 0 Å². The molecule has 1 aliphatic rings. The van der Waals surface area contributed by atoms with E-state index in [1.807, 2.05) is 31.2 Å². The van der Waals surface area contributed by atoms with E-state index in [1.54, 1.807) is 0 Å². The van der Waals surface area contributed by atoms with E-state index >= 15 is 0 Å². The van der Waals surface area contributed by atoms with E-state index in [2.05, 4.69) is 9.55 Å². The monoisotopic (exact) mass is 312 g/mol. The Morgan fingerprint density at radius 3 is 2.85 bits per heavy atom. The number of nitrogens with zero attached hydrogens (tertiary/aromatic N) is 2. The third-order valence-corrected chi connectivity index (χ3v) is 5.84.